The smallest absolute Gasteiger partial charge is 0.119 e. The molecule has 2 rings (SSSR count). The first kappa shape index (κ1) is 15.3. The van der Waals surface area contributed by atoms with E-state index in [0.717, 1.165) is 17.9 Å². The number of benzene rings is 1. The van der Waals surface area contributed by atoms with Crippen molar-refractivity contribution in [2.45, 2.75) is 31.0 Å². The second-order valence-electron chi connectivity index (χ2n) is 6.04. The number of aliphatic hydroxyl groups is 2. The summed E-state index contributed by atoms with van der Waals surface area (Å²) in [4.78, 5) is 2.06. The molecule has 1 aliphatic rings. The number of methoxy groups -OCH3 is 1. The predicted octanol–water partition coefficient (Wildman–Crippen LogP) is 1.61. The molecule has 0 radical (unpaired) electrons. The highest BCUT2D eigenvalue weighted by molar-refractivity contribution is 5.33. The van der Waals surface area contributed by atoms with Crippen molar-refractivity contribution in [3.63, 3.8) is 0 Å². The average molecular weight is 279 g/mol. The van der Waals surface area contributed by atoms with Crippen LogP contribution in [0.1, 0.15) is 24.8 Å². The maximum Gasteiger partial charge on any atom is 0.119 e. The van der Waals surface area contributed by atoms with Gasteiger partial charge in [0.15, 0.2) is 0 Å². The number of ether oxygens (including phenoxy) is 1. The van der Waals surface area contributed by atoms with Crippen LogP contribution in [0.5, 0.6) is 5.75 Å². The van der Waals surface area contributed by atoms with Gasteiger partial charge in [0.2, 0.25) is 0 Å². The third-order valence-corrected chi connectivity index (χ3v) is 4.25. The molecule has 0 saturated heterocycles. The minimum Gasteiger partial charge on any atom is -0.497 e. The van der Waals surface area contributed by atoms with Gasteiger partial charge in [-0.15, -0.1) is 0 Å². The molecule has 0 amide bonds. The number of nitrogens with zero attached hydrogens (tertiary/aromatic N) is 1. The Morgan fingerprint density at radius 2 is 2.15 bits per heavy atom. The maximum atomic E-state index is 11.2. The van der Waals surface area contributed by atoms with E-state index in [2.05, 4.69) is 4.90 Å². The summed E-state index contributed by atoms with van der Waals surface area (Å²) >= 11 is 0. The first-order valence-electron chi connectivity index (χ1n) is 7.15. The largest absolute Gasteiger partial charge is 0.497 e. The van der Waals surface area contributed by atoms with Crippen LogP contribution >= 0.6 is 0 Å². The molecule has 0 bridgehead atoms. The SMILES string of the molecule is COc1cccc([C@@]2(O)CCC(O)C[C@@H]2CN(C)C)c1. The Hall–Kier alpha value is -1.10. The van der Waals surface area contributed by atoms with Gasteiger partial charge in [-0.1, -0.05) is 12.1 Å². The summed E-state index contributed by atoms with van der Waals surface area (Å²) < 4.78 is 5.26. The zero-order valence-corrected chi connectivity index (χ0v) is 12.5. The van der Waals surface area contributed by atoms with Gasteiger partial charge in [-0.3, -0.25) is 0 Å². The van der Waals surface area contributed by atoms with Crippen molar-refractivity contribution < 1.29 is 14.9 Å². The van der Waals surface area contributed by atoms with Crippen molar-refractivity contribution in [3.05, 3.63) is 29.8 Å². The Labute approximate surface area is 121 Å². The zero-order chi connectivity index (χ0) is 14.8. The zero-order valence-electron chi connectivity index (χ0n) is 12.5. The summed E-state index contributed by atoms with van der Waals surface area (Å²) in [6.45, 7) is 0.755. The van der Waals surface area contributed by atoms with Gasteiger partial charge >= 0.3 is 0 Å². The molecule has 4 nitrogen and oxygen atoms in total. The molecule has 1 aliphatic carbocycles. The monoisotopic (exact) mass is 279 g/mol. The van der Waals surface area contributed by atoms with Crippen molar-refractivity contribution in [2.75, 3.05) is 27.7 Å². The van der Waals surface area contributed by atoms with Crippen LogP contribution in [-0.4, -0.2) is 49.0 Å². The van der Waals surface area contributed by atoms with E-state index in [-0.39, 0.29) is 12.0 Å². The van der Waals surface area contributed by atoms with Gasteiger partial charge in [-0.2, -0.15) is 0 Å². The number of hydrogen-bond donors (Lipinski definition) is 2. The van der Waals surface area contributed by atoms with E-state index in [1.54, 1.807) is 7.11 Å². The molecule has 1 aromatic carbocycles. The molecule has 1 aromatic rings. The maximum absolute atomic E-state index is 11.2. The summed E-state index contributed by atoms with van der Waals surface area (Å²) in [5.41, 5.74) is -0.00602. The van der Waals surface area contributed by atoms with Crippen LogP contribution in [0.25, 0.3) is 0 Å². The van der Waals surface area contributed by atoms with Crippen LogP contribution in [0, 0.1) is 5.92 Å². The van der Waals surface area contributed by atoms with Gasteiger partial charge in [0.25, 0.3) is 0 Å². The molecule has 20 heavy (non-hydrogen) atoms. The lowest BCUT2D eigenvalue weighted by molar-refractivity contribution is -0.0921. The summed E-state index contributed by atoms with van der Waals surface area (Å²) in [5, 5.41) is 21.1. The topological polar surface area (TPSA) is 52.9 Å². The molecular formula is C16H25NO3. The minimum absolute atomic E-state index is 0.0216. The quantitative estimate of drug-likeness (QED) is 0.879. The van der Waals surface area contributed by atoms with Crippen molar-refractivity contribution >= 4 is 0 Å². The normalized spacial score (nSPS) is 30.5. The molecule has 0 aromatic heterocycles. The van der Waals surface area contributed by atoms with Crippen LogP contribution in [0.2, 0.25) is 0 Å². The van der Waals surface area contributed by atoms with E-state index in [1.165, 1.54) is 0 Å². The Balaban J connectivity index is 2.32. The van der Waals surface area contributed by atoms with E-state index < -0.39 is 5.60 Å². The lowest BCUT2D eigenvalue weighted by Gasteiger charge is -2.43. The van der Waals surface area contributed by atoms with Gasteiger partial charge < -0.3 is 19.8 Å². The molecule has 3 atom stereocenters. The molecule has 0 aliphatic heterocycles. The molecule has 0 spiro atoms. The fourth-order valence-electron chi connectivity index (χ4n) is 3.17. The first-order valence-corrected chi connectivity index (χ1v) is 7.15. The van der Waals surface area contributed by atoms with Gasteiger partial charge in [-0.25, -0.2) is 0 Å². The standard InChI is InChI=1S/C16H25NO3/c1-17(2)11-13-9-14(18)7-8-16(13,19)12-5-4-6-15(10-12)20-3/h4-6,10,13-14,18-19H,7-9,11H2,1-3H3/t13-,14?,16+/m1/s1. The lowest BCUT2D eigenvalue weighted by Crippen LogP contribution is -2.46. The van der Waals surface area contributed by atoms with Gasteiger partial charge in [0.05, 0.1) is 18.8 Å². The second-order valence-corrected chi connectivity index (χ2v) is 6.04. The third-order valence-electron chi connectivity index (χ3n) is 4.25. The van der Waals surface area contributed by atoms with E-state index >= 15 is 0 Å². The Bertz CT molecular complexity index is 447. The highest BCUT2D eigenvalue weighted by Gasteiger charge is 2.43. The summed E-state index contributed by atoms with van der Waals surface area (Å²) in [5.74, 6) is 0.777. The molecule has 4 heteroatoms. The van der Waals surface area contributed by atoms with Crippen LogP contribution in [0.15, 0.2) is 24.3 Å². The van der Waals surface area contributed by atoms with E-state index in [9.17, 15) is 10.2 Å². The Morgan fingerprint density at radius 1 is 1.40 bits per heavy atom. The third kappa shape index (κ3) is 3.14. The number of aliphatic hydroxyl groups excluding tert-OH is 1. The van der Waals surface area contributed by atoms with Crippen molar-refractivity contribution in [1.82, 2.24) is 4.90 Å². The fourth-order valence-corrected chi connectivity index (χ4v) is 3.17. The van der Waals surface area contributed by atoms with Crippen LogP contribution in [-0.2, 0) is 5.60 Å². The average Bonchev–Trinajstić information content (AvgIpc) is 2.42. The van der Waals surface area contributed by atoms with Gasteiger partial charge in [0.1, 0.15) is 5.75 Å². The summed E-state index contributed by atoms with van der Waals surface area (Å²) in [7, 11) is 5.62. The molecule has 112 valence electrons. The van der Waals surface area contributed by atoms with Crippen molar-refractivity contribution in [2.24, 2.45) is 5.92 Å². The van der Waals surface area contributed by atoms with E-state index in [4.69, 9.17) is 4.74 Å². The highest BCUT2D eigenvalue weighted by atomic mass is 16.5. The predicted molar refractivity (Wildman–Crippen MR) is 78.8 cm³/mol. The molecule has 2 N–H and O–H groups in total. The van der Waals surface area contributed by atoms with Crippen molar-refractivity contribution in [1.29, 1.82) is 0 Å². The molecular weight excluding hydrogens is 254 g/mol. The van der Waals surface area contributed by atoms with Crippen LogP contribution in [0.3, 0.4) is 0 Å². The highest BCUT2D eigenvalue weighted by Crippen LogP contribution is 2.42. The van der Waals surface area contributed by atoms with Gasteiger partial charge in [0, 0.05) is 12.5 Å². The van der Waals surface area contributed by atoms with Crippen LogP contribution in [0.4, 0.5) is 0 Å². The summed E-state index contributed by atoms with van der Waals surface area (Å²) in [6.07, 6.45) is 1.54. The molecule has 0 heterocycles. The van der Waals surface area contributed by atoms with Crippen LogP contribution < -0.4 is 4.74 Å². The summed E-state index contributed by atoms with van der Waals surface area (Å²) in [6, 6.07) is 7.64. The molecule has 1 saturated carbocycles. The Kier molecular flexibility index (Phi) is 4.68. The molecule has 1 unspecified atom stereocenters. The second kappa shape index (κ2) is 6.12. The number of hydrogen-bond acceptors (Lipinski definition) is 4. The van der Waals surface area contributed by atoms with Gasteiger partial charge in [-0.05, 0) is 51.1 Å². The van der Waals surface area contributed by atoms with E-state index in [1.807, 2.05) is 38.4 Å². The fraction of sp³-hybridized carbons (Fsp3) is 0.625. The Morgan fingerprint density at radius 3 is 2.80 bits per heavy atom. The minimum atomic E-state index is -0.891. The van der Waals surface area contributed by atoms with Crippen molar-refractivity contribution in [3.8, 4) is 5.75 Å². The first-order chi connectivity index (χ1) is 9.45. The lowest BCUT2D eigenvalue weighted by atomic mass is 9.70. The van der Waals surface area contributed by atoms with E-state index in [0.29, 0.717) is 19.3 Å². The number of rotatable bonds is 4. The molecule has 1 fully saturated rings.